The van der Waals surface area contributed by atoms with Crippen LogP contribution in [0.15, 0.2) is 0 Å². The third-order valence-corrected chi connectivity index (χ3v) is 1.12. The van der Waals surface area contributed by atoms with Crippen LogP contribution >= 0.6 is 0 Å². The standard InChI is InChI=1S/C7H16N2O2/c1-5(2)11-9-6(3)7(10)8-4/h5-6,9H,1-4H3,(H,8,10). The van der Waals surface area contributed by atoms with Crippen LogP contribution in [0.2, 0.25) is 0 Å². The van der Waals surface area contributed by atoms with Gasteiger partial charge in [0.05, 0.1) is 6.10 Å². The second kappa shape index (κ2) is 5.09. The van der Waals surface area contributed by atoms with Gasteiger partial charge in [-0.25, -0.2) is 0 Å². The zero-order valence-corrected chi connectivity index (χ0v) is 7.47. The van der Waals surface area contributed by atoms with Crippen molar-refractivity contribution in [3.8, 4) is 0 Å². The number of hydrogen-bond donors (Lipinski definition) is 2. The molecule has 0 aromatic rings. The maximum atomic E-state index is 10.9. The van der Waals surface area contributed by atoms with E-state index in [-0.39, 0.29) is 18.1 Å². The molecule has 0 heterocycles. The average Bonchev–Trinajstić information content (AvgIpc) is 1.98. The lowest BCUT2D eigenvalue weighted by Gasteiger charge is -2.13. The largest absolute Gasteiger partial charge is 0.358 e. The Bertz CT molecular complexity index is 126. The smallest absolute Gasteiger partial charge is 0.238 e. The number of hydrogen-bond acceptors (Lipinski definition) is 3. The summed E-state index contributed by atoms with van der Waals surface area (Å²) in [7, 11) is 1.59. The number of hydroxylamine groups is 1. The maximum absolute atomic E-state index is 10.9. The fraction of sp³-hybridized carbons (Fsp3) is 0.857. The first-order chi connectivity index (χ1) is 5.07. The van der Waals surface area contributed by atoms with E-state index in [4.69, 9.17) is 4.84 Å². The van der Waals surface area contributed by atoms with Crippen LogP contribution in [0.1, 0.15) is 20.8 Å². The van der Waals surface area contributed by atoms with E-state index < -0.39 is 0 Å². The summed E-state index contributed by atoms with van der Waals surface area (Å²) >= 11 is 0. The van der Waals surface area contributed by atoms with Crippen molar-refractivity contribution < 1.29 is 9.63 Å². The highest BCUT2D eigenvalue weighted by atomic mass is 16.7. The van der Waals surface area contributed by atoms with Crippen molar-refractivity contribution >= 4 is 5.91 Å². The second-order valence-electron chi connectivity index (χ2n) is 2.62. The van der Waals surface area contributed by atoms with Gasteiger partial charge >= 0.3 is 0 Å². The van der Waals surface area contributed by atoms with E-state index >= 15 is 0 Å². The van der Waals surface area contributed by atoms with Gasteiger partial charge in [0.2, 0.25) is 5.91 Å². The third-order valence-electron chi connectivity index (χ3n) is 1.12. The number of carbonyl (C=O) groups is 1. The summed E-state index contributed by atoms with van der Waals surface area (Å²) in [6, 6.07) is -0.303. The highest BCUT2D eigenvalue weighted by Crippen LogP contribution is 1.86. The molecule has 0 rings (SSSR count). The molecule has 0 saturated heterocycles. The summed E-state index contributed by atoms with van der Waals surface area (Å²) in [5.74, 6) is -0.0781. The highest BCUT2D eigenvalue weighted by Gasteiger charge is 2.09. The molecule has 0 aliphatic rings. The van der Waals surface area contributed by atoms with E-state index in [1.807, 2.05) is 13.8 Å². The fourth-order valence-electron chi connectivity index (χ4n) is 0.508. The van der Waals surface area contributed by atoms with Crippen LogP contribution in [0.3, 0.4) is 0 Å². The van der Waals surface area contributed by atoms with Crippen LogP contribution in [0, 0.1) is 0 Å². The van der Waals surface area contributed by atoms with Gasteiger partial charge in [-0.15, -0.1) is 0 Å². The quantitative estimate of drug-likeness (QED) is 0.571. The molecular formula is C7H16N2O2. The molecule has 4 nitrogen and oxygen atoms in total. The molecule has 0 aliphatic heterocycles. The molecule has 0 fully saturated rings. The molecule has 11 heavy (non-hydrogen) atoms. The number of amides is 1. The Balaban J connectivity index is 3.52. The Morgan fingerprint density at radius 3 is 2.27 bits per heavy atom. The van der Waals surface area contributed by atoms with Gasteiger partial charge in [0.15, 0.2) is 0 Å². The lowest BCUT2D eigenvalue weighted by Crippen LogP contribution is -2.41. The first-order valence-corrected chi connectivity index (χ1v) is 3.70. The zero-order valence-electron chi connectivity index (χ0n) is 7.47. The predicted octanol–water partition coefficient (Wildman–Crippen LogP) is 0.0505. The molecule has 66 valence electrons. The molecule has 0 saturated carbocycles. The topological polar surface area (TPSA) is 50.4 Å². The minimum Gasteiger partial charge on any atom is -0.358 e. The molecule has 2 N–H and O–H groups in total. The molecule has 0 bridgehead atoms. The van der Waals surface area contributed by atoms with Crippen LogP contribution in [-0.2, 0) is 9.63 Å². The van der Waals surface area contributed by atoms with E-state index in [1.54, 1.807) is 14.0 Å². The van der Waals surface area contributed by atoms with Crippen molar-refractivity contribution in [3.05, 3.63) is 0 Å². The van der Waals surface area contributed by atoms with Crippen molar-refractivity contribution in [1.29, 1.82) is 0 Å². The molecule has 0 spiro atoms. The summed E-state index contributed by atoms with van der Waals surface area (Å²) in [5, 5.41) is 2.51. The average molecular weight is 160 g/mol. The minimum atomic E-state index is -0.303. The van der Waals surface area contributed by atoms with Crippen molar-refractivity contribution in [2.45, 2.75) is 32.9 Å². The van der Waals surface area contributed by atoms with Gasteiger partial charge in [-0.1, -0.05) is 0 Å². The molecule has 1 amide bonds. The Kier molecular flexibility index (Phi) is 4.81. The van der Waals surface area contributed by atoms with Crippen LogP contribution in [-0.4, -0.2) is 25.1 Å². The Morgan fingerprint density at radius 2 is 1.91 bits per heavy atom. The van der Waals surface area contributed by atoms with Crippen LogP contribution < -0.4 is 10.8 Å². The van der Waals surface area contributed by atoms with Crippen molar-refractivity contribution in [2.24, 2.45) is 0 Å². The number of likely N-dealkylation sites (N-methyl/N-ethyl adjacent to an activating group) is 1. The van der Waals surface area contributed by atoms with E-state index in [1.165, 1.54) is 0 Å². The Hall–Kier alpha value is -0.610. The monoisotopic (exact) mass is 160 g/mol. The Labute approximate surface area is 67.3 Å². The van der Waals surface area contributed by atoms with Crippen molar-refractivity contribution in [2.75, 3.05) is 7.05 Å². The van der Waals surface area contributed by atoms with Gasteiger partial charge < -0.3 is 5.32 Å². The van der Waals surface area contributed by atoms with Crippen molar-refractivity contribution in [3.63, 3.8) is 0 Å². The number of rotatable bonds is 4. The summed E-state index contributed by atoms with van der Waals surface area (Å²) in [5.41, 5.74) is 2.62. The van der Waals surface area contributed by atoms with Crippen LogP contribution in [0.5, 0.6) is 0 Å². The van der Waals surface area contributed by atoms with Gasteiger partial charge in [-0.05, 0) is 20.8 Å². The van der Waals surface area contributed by atoms with E-state index in [0.717, 1.165) is 0 Å². The van der Waals surface area contributed by atoms with Crippen molar-refractivity contribution in [1.82, 2.24) is 10.8 Å². The van der Waals surface area contributed by atoms with Gasteiger partial charge in [-0.2, -0.15) is 5.48 Å². The molecular weight excluding hydrogens is 144 g/mol. The molecule has 1 atom stereocenters. The second-order valence-corrected chi connectivity index (χ2v) is 2.62. The van der Waals surface area contributed by atoms with Gasteiger partial charge in [0.1, 0.15) is 6.04 Å². The number of carbonyl (C=O) groups excluding carboxylic acids is 1. The molecule has 1 unspecified atom stereocenters. The summed E-state index contributed by atoms with van der Waals surface area (Å²) in [6.07, 6.45) is 0.0853. The molecule has 0 radical (unpaired) electrons. The molecule has 4 heteroatoms. The normalized spacial score (nSPS) is 13.2. The predicted molar refractivity (Wildman–Crippen MR) is 42.9 cm³/mol. The van der Waals surface area contributed by atoms with Gasteiger partial charge in [0, 0.05) is 7.05 Å². The summed E-state index contributed by atoms with van der Waals surface area (Å²) in [4.78, 5) is 15.9. The van der Waals surface area contributed by atoms with E-state index in [9.17, 15) is 4.79 Å². The molecule has 0 aromatic heterocycles. The fourth-order valence-corrected chi connectivity index (χ4v) is 0.508. The lowest BCUT2D eigenvalue weighted by atomic mass is 10.3. The van der Waals surface area contributed by atoms with Gasteiger partial charge in [-0.3, -0.25) is 9.63 Å². The SMILES string of the molecule is CNC(=O)C(C)NOC(C)C. The summed E-state index contributed by atoms with van der Waals surface area (Å²) < 4.78 is 0. The third kappa shape index (κ3) is 4.75. The lowest BCUT2D eigenvalue weighted by molar-refractivity contribution is -0.127. The molecule has 0 aromatic carbocycles. The first-order valence-electron chi connectivity index (χ1n) is 3.70. The minimum absolute atomic E-state index is 0.0781. The zero-order chi connectivity index (χ0) is 8.85. The summed E-state index contributed by atoms with van der Waals surface area (Å²) in [6.45, 7) is 5.52. The number of nitrogens with one attached hydrogen (secondary N) is 2. The molecule has 0 aliphatic carbocycles. The highest BCUT2D eigenvalue weighted by molar-refractivity contribution is 5.80. The Morgan fingerprint density at radius 1 is 1.36 bits per heavy atom. The van der Waals surface area contributed by atoms with E-state index in [0.29, 0.717) is 0 Å². The van der Waals surface area contributed by atoms with Crippen LogP contribution in [0.4, 0.5) is 0 Å². The first kappa shape index (κ1) is 10.4. The maximum Gasteiger partial charge on any atom is 0.238 e. The van der Waals surface area contributed by atoms with Gasteiger partial charge in [0.25, 0.3) is 0 Å². The van der Waals surface area contributed by atoms with Crippen LogP contribution in [0.25, 0.3) is 0 Å². The van der Waals surface area contributed by atoms with E-state index in [2.05, 4.69) is 10.8 Å².